The molecule has 1 amide bonds. The van der Waals surface area contributed by atoms with Crippen molar-refractivity contribution in [1.82, 2.24) is 10.6 Å². The minimum absolute atomic E-state index is 0.104. The molecule has 0 fully saturated rings. The number of amides is 1. The lowest BCUT2D eigenvalue weighted by Crippen LogP contribution is -2.44. The van der Waals surface area contributed by atoms with Gasteiger partial charge in [0.05, 0.1) is 20.3 Å². The van der Waals surface area contributed by atoms with Gasteiger partial charge in [-0.25, -0.2) is 0 Å². The van der Waals surface area contributed by atoms with Crippen molar-refractivity contribution < 1.29 is 19.1 Å². The van der Waals surface area contributed by atoms with Crippen LogP contribution in [0.5, 0.6) is 0 Å². The highest BCUT2D eigenvalue weighted by Crippen LogP contribution is 2.01. The van der Waals surface area contributed by atoms with Crippen LogP contribution in [0.2, 0.25) is 0 Å². The largest absolute Gasteiger partial charge is 0.468 e. The van der Waals surface area contributed by atoms with Gasteiger partial charge in [-0.15, -0.1) is 0 Å². The molecule has 0 spiro atoms. The molecule has 106 valence electrons. The molecule has 6 nitrogen and oxygen atoms in total. The van der Waals surface area contributed by atoms with Crippen LogP contribution in [0.15, 0.2) is 0 Å². The van der Waals surface area contributed by atoms with Gasteiger partial charge in [-0.3, -0.25) is 14.9 Å². The molecule has 18 heavy (non-hydrogen) atoms. The molecule has 6 heteroatoms. The SMILES string of the molecule is CCCCC(NCC(=O)NCCOC)C(=O)OC. The zero-order chi connectivity index (χ0) is 13.8. The highest BCUT2D eigenvalue weighted by Gasteiger charge is 2.18. The number of carbonyl (C=O) groups is 2. The van der Waals surface area contributed by atoms with Gasteiger partial charge in [0, 0.05) is 13.7 Å². The first-order chi connectivity index (χ1) is 8.65. The lowest BCUT2D eigenvalue weighted by molar-refractivity contribution is -0.143. The van der Waals surface area contributed by atoms with E-state index in [1.165, 1.54) is 7.11 Å². The number of hydrogen-bond acceptors (Lipinski definition) is 5. The van der Waals surface area contributed by atoms with E-state index in [1.54, 1.807) is 7.11 Å². The molecule has 1 unspecified atom stereocenters. The second-order valence-corrected chi connectivity index (χ2v) is 3.94. The van der Waals surface area contributed by atoms with E-state index in [2.05, 4.69) is 15.4 Å². The van der Waals surface area contributed by atoms with E-state index in [-0.39, 0.29) is 18.4 Å². The normalized spacial score (nSPS) is 11.9. The van der Waals surface area contributed by atoms with E-state index in [1.807, 2.05) is 6.92 Å². The van der Waals surface area contributed by atoms with Crippen LogP contribution in [0.3, 0.4) is 0 Å². The summed E-state index contributed by atoms with van der Waals surface area (Å²) < 4.78 is 9.50. The van der Waals surface area contributed by atoms with Gasteiger partial charge in [0.15, 0.2) is 0 Å². The summed E-state index contributed by atoms with van der Waals surface area (Å²) in [6.45, 7) is 3.09. The van der Waals surface area contributed by atoms with Crippen molar-refractivity contribution in [2.75, 3.05) is 33.9 Å². The van der Waals surface area contributed by atoms with Crippen LogP contribution < -0.4 is 10.6 Å². The van der Waals surface area contributed by atoms with Gasteiger partial charge in [0.2, 0.25) is 5.91 Å². The summed E-state index contributed by atoms with van der Waals surface area (Å²) in [5, 5.41) is 5.58. The monoisotopic (exact) mass is 260 g/mol. The van der Waals surface area contributed by atoms with Gasteiger partial charge < -0.3 is 14.8 Å². The van der Waals surface area contributed by atoms with Crippen molar-refractivity contribution in [3.8, 4) is 0 Å². The number of unbranched alkanes of at least 4 members (excludes halogenated alkanes) is 1. The minimum Gasteiger partial charge on any atom is -0.468 e. The fraction of sp³-hybridized carbons (Fsp3) is 0.833. The first-order valence-corrected chi connectivity index (χ1v) is 6.22. The summed E-state index contributed by atoms with van der Waals surface area (Å²) in [5.41, 5.74) is 0. The number of hydrogen-bond donors (Lipinski definition) is 2. The molecule has 2 N–H and O–H groups in total. The van der Waals surface area contributed by atoms with Crippen LogP contribution in [-0.2, 0) is 19.1 Å². The Morgan fingerprint density at radius 1 is 1.28 bits per heavy atom. The standard InChI is InChI=1S/C12H24N2O4/c1-4-5-6-10(12(16)18-3)14-9-11(15)13-7-8-17-2/h10,14H,4-9H2,1-3H3,(H,13,15). The van der Waals surface area contributed by atoms with E-state index in [4.69, 9.17) is 4.74 Å². The Hall–Kier alpha value is -1.14. The molecular formula is C12H24N2O4. The Labute approximate surface area is 108 Å². The molecule has 0 aliphatic rings. The molecule has 0 aromatic rings. The summed E-state index contributed by atoms with van der Waals surface area (Å²) in [6, 6.07) is -0.414. The van der Waals surface area contributed by atoms with Crippen molar-refractivity contribution in [3.05, 3.63) is 0 Å². The van der Waals surface area contributed by atoms with Crippen molar-refractivity contribution in [1.29, 1.82) is 0 Å². The van der Waals surface area contributed by atoms with Gasteiger partial charge in [-0.2, -0.15) is 0 Å². The number of esters is 1. The third-order valence-electron chi connectivity index (χ3n) is 2.47. The van der Waals surface area contributed by atoms with Gasteiger partial charge in [-0.05, 0) is 6.42 Å². The molecule has 0 heterocycles. The first-order valence-electron chi connectivity index (χ1n) is 6.22. The number of carbonyl (C=O) groups excluding carboxylic acids is 2. The van der Waals surface area contributed by atoms with Crippen LogP contribution in [0, 0.1) is 0 Å². The van der Waals surface area contributed by atoms with Crippen molar-refractivity contribution >= 4 is 11.9 Å². The average molecular weight is 260 g/mol. The second-order valence-electron chi connectivity index (χ2n) is 3.94. The third-order valence-corrected chi connectivity index (χ3v) is 2.47. The maximum absolute atomic E-state index is 11.5. The fourth-order valence-electron chi connectivity index (χ4n) is 1.42. The van der Waals surface area contributed by atoms with Crippen molar-refractivity contribution in [2.45, 2.75) is 32.2 Å². The smallest absolute Gasteiger partial charge is 0.322 e. The molecule has 1 atom stereocenters. The topological polar surface area (TPSA) is 76.7 Å². The number of rotatable bonds is 10. The Bertz CT molecular complexity index is 246. The van der Waals surface area contributed by atoms with E-state index in [0.717, 1.165) is 12.8 Å². The van der Waals surface area contributed by atoms with Gasteiger partial charge in [0.1, 0.15) is 6.04 Å². The zero-order valence-electron chi connectivity index (χ0n) is 11.5. The quantitative estimate of drug-likeness (QED) is 0.429. The van der Waals surface area contributed by atoms with E-state index < -0.39 is 6.04 Å². The highest BCUT2D eigenvalue weighted by molar-refractivity contribution is 5.80. The summed E-state index contributed by atoms with van der Waals surface area (Å²) in [6.07, 6.45) is 2.59. The van der Waals surface area contributed by atoms with Crippen LogP contribution in [0.1, 0.15) is 26.2 Å². The fourth-order valence-corrected chi connectivity index (χ4v) is 1.42. The lowest BCUT2D eigenvalue weighted by atomic mass is 10.1. The molecule has 0 aliphatic carbocycles. The van der Waals surface area contributed by atoms with Crippen molar-refractivity contribution in [2.24, 2.45) is 0 Å². The third kappa shape index (κ3) is 8.03. The summed E-state index contributed by atoms with van der Waals surface area (Å²) in [5.74, 6) is -0.481. The Balaban J connectivity index is 3.93. The van der Waals surface area contributed by atoms with Crippen LogP contribution in [0.25, 0.3) is 0 Å². The minimum atomic E-state index is -0.414. The average Bonchev–Trinajstić information content (AvgIpc) is 2.38. The molecule has 0 bridgehead atoms. The molecule has 0 aromatic heterocycles. The number of ether oxygens (including phenoxy) is 2. The van der Waals surface area contributed by atoms with Crippen LogP contribution in [0.4, 0.5) is 0 Å². The molecule has 0 radical (unpaired) electrons. The Morgan fingerprint density at radius 2 is 2.00 bits per heavy atom. The predicted octanol–water partition coefficient (Wildman–Crippen LogP) is 0.0704. The zero-order valence-corrected chi connectivity index (χ0v) is 11.5. The second kappa shape index (κ2) is 11.0. The van der Waals surface area contributed by atoms with E-state index in [0.29, 0.717) is 19.6 Å². The molecule has 0 aliphatic heterocycles. The molecule has 0 aromatic carbocycles. The first kappa shape index (κ1) is 16.9. The molecule has 0 rings (SSSR count). The number of methoxy groups -OCH3 is 2. The van der Waals surface area contributed by atoms with E-state index in [9.17, 15) is 9.59 Å². The Kier molecular flexibility index (Phi) is 10.3. The Morgan fingerprint density at radius 3 is 2.56 bits per heavy atom. The van der Waals surface area contributed by atoms with Crippen LogP contribution in [-0.4, -0.2) is 51.8 Å². The van der Waals surface area contributed by atoms with Crippen LogP contribution >= 0.6 is 0 Å². The number of nitrogens with one attached hydrogen (secondary N) is 2. The molecular weight excluding hydrogens is 236 g/mol. The molecule has 0 saturated carbocycles. The van der Waals surface area contributed by atoms with Crippen molar-refractivity contribution in [3.63, 3.8) is 0 Å². The summed E-state index contributed by atoms with van der Waals surface area (Å²) >= 11 is 0. The lowest BCUT2D eigenvalue weighted by Gasteiger charge is -2.15. The van der Waals surface area contributed by atoms with E-state index >= 15 is 0 Å². The highest BCUT2D eigenvalue weighted by atomic mass is 16.5. The van der Waals surface area contributed by atoms with Gasteiger partial charge in [0.25, 0.3) is 0 Å². The maximum atomic E-state index is 11.5. The van der Waals surface area contributed by atoms with Gasteiger partial charge >= 0.3 is 5.97 Å². The summed E-state index contributed by atoms with van der Waals surface area (Å²) in [4.78, 5) is 22.9. The van der Waals surface area contributed by atoms with Gasteiger partial charge in [-0.1, -0.05) is 19.8 Å². The summed E-state index contributed by atoms with van der Waals surface area (Å²) in [7, 11) is 2.92. The maximum Gasteiger partial charge on any atom is 0.322 e. The molecule has 0 saturated heterocycles. The predicted molar refractivity (Wildman–Crippen MR) is 68.2 cm³/mol.